The fourth-order valence-electron chi connectivity index (χ4n) is 2.74. The van der Waals surface area contributed by atoms with Gasteiger partial charge in [0.2, 0.25) is 10.0 Å². The number of aromatic nitrogens is 1. The average molecular weight is 290 g/mol. The van der Waals surface area contributed by atoms with Gasteiger partial charge in [0, 0.05) is 24.7 Å². The first-order chi connectivity index (χ1) is 9.59. The fourth-order valence-corrected chi connectivity index (χ4v) is 4.51. The number of sulfonamides is 1. The Kier molecular flexibility index (Phi) is 3.48. The molecule has 1 aliphatic heterocycles. The summed E-state index contributed by atoms with van der Waals surface area (Å²) in [5.41, 5.74) is 1.52. The standard InChI is InChI=1S/C15H18N2O2S/c1-12-10-13-6-5-7-16-15(13)14(11-12)20(18,19)17-8-3-2-4-9-17/h5-7,10-11H,2-4,8-9H2,1H3. The summed E-state index contributed by atoms with van der Waals surface area (Å²) in [4.78, 5) is 4.62. The molecule has 0 N–H and O–H groups in total. The molecule has 1 aliphatic rings. The molecule has 1 saturated heterocycles. The second kappa shape index (κ2) is 5.14. The molecular formula is C15H18N2O2S. The highest BCUT2D eigenvalue weighted by Gasteiger charge is 2.28. The number of nitrogens with zero attached hydrogens (tertiary/aromatic N) is 2. The van der Waals surface area contributed by atoms with Crippen molar-refractivity contribution in [3.63, 3.8) is 0 Å². The van der Waals surface area contributed by atoms with Crippen molar-refractivity contribution in [3.05, 3.63) is 36.0 Å². The smallest absolute Gasteiger partial charge is 0.245 e. The molecule has 4 nitrogen and oxygen atoms in total. The van der Waals surface area contributed by atoms with Crippen LogP contribution in [-0.2, 0) is 10.0 Å². The normalized spacial score (nSPS) is 17.4. The molecular weight excluding hydrogens is 272 g/mol. The molecule has 0 atom stereocenters. The van der Waals surface area contributed by atoms with Crippen LogP contribution in [0.4, 0.5) is 0 Å². The highest BCUT2D eigenvalue weighted by Crippen LogP contribution is 2.27. The summed E-state index contributed by atoms with van der Waals surface area (Å²) in [6, 6.07) is 7.44. The van der Waals surface area contributed by atoms with E-state index in [4.69, 9.17) is 0 Å². The van der Waals surface area contributed by atoms with Gasteiger partial charge in [-0.2, -0.15) is 4.31 Å². The van der Waals surface area contributed by atoms with E-state index in [0.717, 1.165) is 30.2 Å². The third-order valence-corrected chi connectivity index (χ3v) is 5.66. The van der Waals surface area contributed by atoms with Crippen LogP contribution >= 0.6 is 0 Å². The molecule has 0 unspecified atom stereocenters. The summed E-state index contributed by atoms with van der Waals surface area (Å²) in [7, 11) is -3.44. The van der Waals surface area contributed by atoms with Gasteiger partial charge in [0.1, 0.15) is 4.90 Å². The van der Waals surface area contributed by atoms with E-state index in [1.54, 1.807) is 16.6 Å². The zero-order valence-electron chi connectivity index (χ0n) is 11.5. The van der Waals surface area contributed by atoms with Crippen LogP contribution in [0.2, 0.25) is 0 Å². The minimum Gasteiger partial charge on any atom is -0.255 e. The quantitative estimate of drug-likeness (QED) is 0.854. The lowest BCUT2D eigenvalue weighted by Gasteiger charge is -2.26. The Morgan fingerprint density at radius 3 is 2.65 bits per heavy atom. The molecule has 2 heterocycles. The van der Waals surface area contributed by atoms with E-state index in [2.05, 4.69) is 4.98 Å². The van der Waals surface area contributed by atoms with Crippen LogP contribution in [0.1, 0.15) is 24.8 Å². The maximum Gasteiger partial charge on any atom is 0.245 e. The highest BCUT2D eigenvalue weighted by atomic mass is 32.2. The van der Waals surface area contributed by atoms with Gasteiger partial charge in [-0.3, -0.25) is 4.98 Å². The first-order valence-electron chi connectivity index (χ1n) is 6.94. The van der Waals surface area contributed by atoms with Crippen molar-refractivity contribution >= 4 is 20.9 Å². The molecule has 0 amide bonds. The zero-order chi connectivity index (χ0) is 14.2. The summed E-state index contributed by atoms with van der Waals surface area (Å²) in [5, 5.41) is 0.878. The number of rotatable bonds is 2. The molecule has 0 bridgehead atoms. The SMILES string of the molecule is Cc1cc(S(=O)(=O)N2CCCCC2)c2ncccc2c1. The Labute approximate surface area is 119 Å². The van der Waals surface area contributed by atoms with Crippen LogP contribution in [0.25, 0.3) is 10.9 Å². The lowest BCUT2D eigenvalue weighted by Crippen LogP contribution is -2.35. The second-order valence-corrected chi connectivity index (χ2v) is 7.21. The molecule has 106 valence electrons. The third kappa shape index (κ3) is 2.31. The van der Waals surface area contributed by atoms with E-state index in [-0.39, 0.29) is 0 Å². The zero-order valence-corrected chi connectivity index (χ0v) is 12.4. The predicted molar refractivity (Wildman–Crippen MR) is 79.1 cm³/mol. The molecule has 0 saturated carbocycles. The van der Waals surface area contributed by atoms with Gasteiger partial charge in [0.15, 0.2) is 0 Å². The molecule has 0 aliphatic carbocycles. The van der Waals surface area contributed by atoms with Gasteiger partial charge in [0.05, 0.1) is 5.52 Å². The maximum absolute atomic E-state index is 12.8. The van der Waals surface area contributed by atoms with E-state index in [9.17, 15) is 8.42 Å². The van der Waals surface area contributed by atoms with Crippen LogP contribution in [0.15, 0.2) is 35.4 Å². The number of fused-ring (bicyclic) bond motifs is 1. The first kappa shape index (κ1) is 13.5. The summed E-state index contributed by atoms with van der Waals surface area (Å²) in [6.07, 6.45) is 4.64. The van der Waals surface area contributed by atoms with Crippen LogP contribution in [-0.4, -0.2) is 30.8 Å². The molecule has 5 heteroatoms. The molecule has 1 fully saturated rings. The van der Waals surface area contributed by atoms with Gasteiger partial charge in [-0.15, -0.1) is 0 Å². The van der Waals surface area contributed by atoms with Crippen molar-refractivity contribution in [3.8, 4) is 0 Å². The number of pyridine rings is 1. The van der Waals surface area contributed by atoms with Gasteiger partial charge in [-0.05, 0) is 43.5 Å². The van der Waals surface area contributed by atoms with E-state index in [0.29, 0.717) is 23.5 Å². The van der Waals surface area contributed by atoms with Crippen molar-refractivity contribution in [2.24, 2.45) is 0 Å². The lowest BCUT2D eigenvalue weighted by molar-refractivity contribution is 0.347. The topological polar surface area (TPSA) is 50.3 Å². The Morgan fingerprint density at radius 2 is 1.90 bits per heavy atom. The lowest BCUT2D eigenvalue weighted by atomic mass is 10.1. The highest BCUT2D eigenvalue weighted by molar-refractivity contribution is 7.89. The van der Waals surface area contributed by atoms with Gasteiger partial charge in [-0.25, -0.2) is 8.42 Å². The molecule has 1 aromatic heterocycles. The van der Waals surface area contributed by atoms with E-state index < -0.39 is 10.0 Å². The number of piperidine rings is 1. The van der Waals surface area contributed by atoms with Crippen LogP contribution < -0.4 is 0 Å². The van der Waals surface area contributed by atoms with Crippen molar-refractivity contribution in [2.75, 3.05) is 13.1 Å². The number of hydrogen-bond acceptors (Lipinski definition) is 3. The Hall–Kier alpha value is -1.46. The van der Waals surface area contributed by atoms with Crippen molar-refractivity contribution in [2.45, 2.75) is 31.1 Å². The van der Waals surface area contributed by atoms with E-state index in [1.807, 2.05) is 25.1 Å². The summed E-state index contributed by atoms with van der Waals surface area (Å²) in [6.45, 7) is 3.15. The Bertz CT molecular complexity index is 735. The van der Waals surface area contributed by atoms with Crippen LogP contribution in [0.3, 0.4) is 0 Å². The van der Waals surface area contributed by atoms with Crippen molar-refractivity contribution < 1.29 is 8.42 Å². The molecule has 20 heavy (non-hydrogen) atoms. The molecule has 2 aromatic rings. The summed E-state index contributed by atoms with van der Waals surface area (Å²) >= 11 is 0. The number of hydrogen-bond donors (Lipinski definition) is 0. The Balaban J connectivity index is 2.17. The number of aryl methyl sites for hydroxylation is 1. The van der Waals surface area contributed by atoms with Crippen molar-refractivity contribution in [1.29, 1.82) is 0 Å². The minimum atomic E-state index is -3.44. The Morgan fingerprint density at radius 1 is 1.15 bits per heavy atom. The van der Waals surface area contributed by atoms with E-state index in [1.165, 1.54) is 0 Å². The summed E-state index contributed by atoms with van der Waals surface area (Å²) in [5.74, 6) is 0. The monoisotopic (exact) mass is 290 g/mol. The van der Waals surface area contributed by atoms with Crippen LogP contribution in [0, 0.1) is 6.92 Å². The average Bonchev–Trinajstić information content (AvgIpc) is 2.47. The molecule has 1 aromatic carbocycles. The molecule has 0 radical (unpaired) electrons. The van der Waals surface area contributed by atoms with Crippen LogP contribution in [0.5, 0.6) is 0 Å². The van der Waals surface area contributed by atoms with Gasteiger partial charge in [0.25, 0.3) is 0 Å². The summed E-state index contributed by atoms with van der Waals surface area (Å²) < 4.78 is 27.3. The van der Waals surface area contributed by atoms with Gasteiger partial charge < -0.3 is 0 Å². The van der Waals surface area contributed by atoms with E-state index >= 15 is 0 Å². The maximum atomic E-state index is 12.8. The van der Waals surface area contributed by atoms with Gasteiger partial charge in [-0.1, -0.05) is 12.5 Å². The van der Waals surface area contributed by atoms with Crippen molar-refractivity contribution in [1.82, 2.24) is 9.29 Å². The largest absolute Gasteiger partial charge is 0.255 e. The first-order valence-corrected chi connectivity index (χ1v) is 8.38. The fraction of sp³-hybridized carbons (Fsp3) is 0.400. The minimum absolute atomic E-state index is 0.343. The molecule has 3 rings (SSSR count). The molecule has 0 spiro atoms. The number of benzene rings is 1. The predicted octanol–water partition coefficient (Wildman–Crippen LogP) is 2.72. The third-order valence-electron chi connectivity index (χ3n) is 3.75. The van der Waals surface area contributed by atoms with Gasteiger partial charge >= 0.3 is 0 Å². The second-order valence-electron chi connectivity index (χ2n) is 5.30.